The third kappa shape index (κ3) is 4.05. The van der Waals surface area contributed by atoms with Crippen molar-refractivity contribution in [2.75, 3.05) is 22.5 Å². The molecule has 2 amide bonds. The maximum Gasteiger partial charge on any atom is 0.326 e. The number of para-hydroxylation sites is 1. The van der Waals surface area contributed by atoms with Crippen LogP contribution in [-0.4, -0.2) is 41.3 Å². The number of carbonyl (C=O) groups is 3. The molecule has 136 valence electrons. The molecule has 1 N–H and O–H groups in total. The highest BCUT2D eigenvalue weighted by molar-refractivity contribution is 8.00. The van der Waals surface area contributed by atoms with Gasteiger partial charge in [-0.05, 0) is 26.0 Å². The number of anilines is 2. The molecule has 0 fully saturated rings. The van der Waals surface area contributed by atoms with Gasteiger partial charge in [-0.25, -0.2) is 0 Å². The molecule has 0 saturated heterocycles. The van der Waals surface area contributed by atoms with Crippen LogP contribution < -0.4 is 10.2 Å². The van der Waals surface area contributed by atoms with Gasteiger partial charge in [-0.15, -0.1) is 11.8 Å². The summed E-state index contributed by atoms with van der Waals surface area (Å²) >= 11 is 1.43. The van der Waals surface area contributed by atoms with E-state index in [1.807, 2.05) is 12.1 Å². The molecule has 1 unspecified atom stereocenters. The minimum Gasteiger partial charge on any atom is -0.451 e. The van der Waals surface area contributed by atoms with Gasteiger partial charge < -0.3 is 14.6 Å². The van der Waals surface area contributed by atoms with Crippen molar-refractivity contribution in [1.29, 1.82) is 0 Å². The highest BCUT2D eigenvalue weighted by atomic mass is 32.2. The third-order valence-corrected chi connectivity index (χ3v) is 4.70. The summed E-state index contributed by atoms with van der Waals surface area (Å²) in [5.41, 5.74) is 0.667. The van der Waals surface area contributed by atoms with E-state index in [9.17, 15) is 14.4 Å². The number of nitrogens with zero attached hydrogens (tertiary/aromatic N) is 2. The lowest BCUT2D eigenvalue weighted by Gasteiger charge is -2.28. The van der Waals surface area contributed by atoms with Gasteiger partial charge in [0.2, 0.25) is 5.91 Å². The van der Waals surface area contributed by atoms with Gasteiger partial charge in [-0.1, -0.05) is 17.3 Å². The second-order valence-corrected chi connectivity index (χ2v) is 6.70. The fraction of sp³-hybridized carbons (Fsp3) is 0.294. The molecule has 1 atom stereocenters. The van der Waals surface area contributed by atoms with E-state index in [1.54, 1.807) is 25.1 Å². The standard InChI is InChI=1S/C17H17N3O5S/c1-10-7-14(19-25-10)18-17(23)11(2)24-16(22)8-20-12-5-3-4-6-13(12)26-9-15(20)21/h3-7,11H,8-9H2,1-2H3,(H,18,19,23). The largest absolute Gasteiger partial charge is 0.451 e. The van der Waals surface area contributed by atoms with E-state index in [2.05, 4.69) is 10.5 Å². The smallest absolute Gasteiger partial charge is 0.326 e. The Balaban J connectivity index is 1.60. The van der Waals surface area contributed by atoms with E-state index in [0.717, 1.165) is 4.90 Å². The molecule has 0 aliphatic carbocycles. The quantitative estimate of drug-likeness (QED) is 0.798. The van der Waals surface area contributed by atoms with Gasteiger partial charge in [-0.2, -0.15) is 0 Å². The first-order valence-electron chi connectivity index (χ1n) is 7.90. The Bertz CT molecular complexity index is 850. The molecule has 0 saturated carbocycles. The fourth-order valence-electron chi connectivity index (χ4n) is 2.40. The molecule has 9 heteroatoms. The number of hydrogen-bond donors (Lipinski definition) is 1. The van der Waals surface area contributed by atoms with Crippen molar-refractivity contribution in [3.63, 3.8) is 0 Å². The Hall–Kier alpha value is -2.81. The van der Waals surface area contributed by atoms with E-state index in [4.69, 9.17) is 9.26 Å². The molecule has 26 heavy (non-hydrogen) atoms. The maximum atomic E-state index is 12.2. The van der Waals surface area contributed by atoms with E-state index in [1.165, 1.54) is 23.6 Å². The van der Waals surface area contributed by atoms with E-state index < -0.39 is 18.0 Å². The van der Waals surface area contributed by atoms with Crippen LogP contribution in [0, 0.1) is 6.92 Å². The molecule has 0 bridgehead atoms. The summed E-state index contributed by atoms with van der Waals surface area (Å²) < 4.78 is 10.0. The zero-order valence-electron chi connectivity index (χ0n) is 14.2. The van der Waals surface area contributed by atoms with Crippen molar-refractivity contribution in [3.8, 4) is 0 Å². The Labute approximate surface area is 153 Å². The average Bonchev–Trinajstić information content (AvgIpc) is 3.02. The van der Waals surface area contributed by atoms with Crippen LogP contribution in [0.2, 0.25) is 0 Å². The molecule has 2 heterocycles. The summed E-state index contributed by atoms with van der Waals surface area (Å²) in [6.45, 7) is 2.89. The van der Waals surface area contributed by atoms with Crippen LogP contribution in [0.5, 0.6) is 0 Å². The number of ether oxygens (including phenoxy) is 1. The predicted octanol–water partition coefficient (Wildman–Crippen LogP) is 1.99. The van der Waals surface area contributed by atoms with Crippen LogP contribution in [-0.2, 0) is 19.1 Å². The molecule has 1 aliphatic rings. The first-order valence-corrected chi connectivity index (χ1v) is 8.88. The summed E-state index contributed by atoms with van der Waals surface area (Å²) in [5, 5.41) is 6.13. The number of rotatable bonds is 5. The molecule has 3 rings (SSSR count). The molecule has 0 spiro atoms. The lowest BCUT2D eigenvalue weighted by molar-refractivity contribution is -0.152. The van der Waals surface area contributed by atoms with Gasteiger partial charge in [0.1, 0.15) is 12.3 Å². The van der Waals surface area contributed by atoms with Crippen molar-refractivity contribution >= 4 is 41.1 Å². The van der Waals surface area contributed by atoms with Gasteiger partial charge >= 0.3 is 5.97 Å². The highest BCUT2D eigenvalue weighted by Gasteiger charge is 2.28. The summed E-state index contributed by atoms with van der Waals surface area (Å²) in [5.74, 6) is -0.337. The van der Waals surface area contributed by atoms with Gasteiger partial charge in [-0.3, -0.25) is 19.3 Å². The topological polar surface area (TPSA) is 102 Å². The number of thioether (sulfide) groups is 1. The lowest BCUT2D eigenvalue weighted by atomic mass is 10.2. The summed E-state index contributed by atoms with van der Waals surface area (Å²) in [4.78, 5) is 38.7. The van der Waals surface area contributed by atoms with Crippen LogP contribution in [0.25, 0.3) is 0 Å². The zero-order chi connectivity index (χ0) is 18.7. The normalized spacial score (nSPS) is 14.5. The minimum atomic E-state index is -1.04. The molecule has 1 aliphatic heterocycles. The number of amides is 2. The van der Waals surface area contributed by atoms with Crippen molar-refractivity contribution in [2.24, 2.45) is 0 Å². The van der Waals surface area contributed by atoms with E-state index in [0.29, 0.717) is 11.4 Å². The monoisotopic (exact) mass is 375 g/mol. The Morgan fingerprint density at radius 2 is 2.19 bits per heavy atom. The SMILES string of the molecule is Cc1cc(NC(=O)C(C)OC(=O)CN2C(=O)CSc3ccccc32)no1. The van der Waals surface area contributed by atoms with Gasteiger partial charge in [0.05, 0.1) is 11.4 Å². The number of esters is 1. The number of aromatic nitrogens is 1. The number of hydrogen-bond acceptors (Lipinski definition) is 7. The van der Waals surface area contributed by atoms with Crippen LogP contribution in [0.3, 0.4) is 0 Å². The average molecular weight is 375 g/mol. The van der Waals surface area contributed by atoms with Gasteiger partial charge in [0, 0.05) is 11.0 Å². The molecular weight excluding hydrogens is 358 g/mol. The summed E-state index contributed by atoms with van der Waals surface area (Å²) in [6, 6.07) is 8.88. The van der Waals surface area contributed by atoms with Crippen molar-refractivity contribution in [3.05, 3.63) is 36.1 Å². The molecule has 0 radical (unpaired) electrons. The molecule has 1 aromatic heterocycles. The number of fused-ring (bicyclic) bond motifs is 1. The second kappa shape index (κ2) is 7.61. The number of carbonyl (C=O) groups excluding carboxylic acids is 3. The Kier molecular flexibility index (Phi) is 5.27. The fourth-order valence-corrected chi connectivity index (χ4v) is 3.33. The Morgan fingerprint density at radius 3 is 2.92 bits per heavy atom. The third-order valence-electron chi connectivity index (χ3n) is 3.65. The highest BCUT2D eigenvalue weighted by Crippen LogP contribution is 2.34. The van der Waals surface area contributed by atoms with E-state index in [-0.39, 0.29) is 24.0 Å². The lowest BCUT2D eigenvalue weighted by Crippen LogP contribution is -2.41. The van der Waals surface area contributed by atoms with Crippen LogP contribution in [0.15, 0.2) is 39.8 Å². The number of nitrogens with one attached hydrogen (secondary N) is 1. The first kappa shape index (κ1) is 18.0. The molecule has 8 nitrogen and oxygen atoms in total. The predicted molar refractivity (Wildman–Crippen MR) is 94.9 cm³/mol. The zero-order valence-corrected chi connectivity index (χ0v) is 15.0. The van der Waals surface area contributed by atoms with Crippen molar-refractivity contribution in [1.82, 2.24) is 5.16 Å². The first-order chi connectivity index (χ1) is 12.4. The second-order valence-electron chi connectivity index (χ2n) is 5.68. The van der Waals surface area contributed by atoms with Crippen molar-refractivity contribution in [2.45, 2.75) is 24.8 Å². The number of aryl methyl sites for hydroxylation is 1. The minimum absolute atomic E-state index is 0.180. The summed E-state index contributed by atoms with van der Waals surface area (Å²) in [6.07, 6.45) is -1.04. The van der Waals surface area contributed by atoms with E-state index >= 15 is 0 Å². The van der Waals surface area contributed by atoms with Gasteiger partial charge in [0.15, 0.2) is 11.9 Å². The Morgan fingerprint density at radius 1 is 1.42 bits per heavy atom. The number of benzene rings is 1. The van der Waals surface area contributed by atoms with Gasteiger partial charge in [0.25, 0.3) is 5.91 Å². The van der Waals surface area contributed by atoms with Crippen LogP contribution in [0.4, 0.5) is 11.5 Å². The maximum absolute atomic E-state index is 12.2. The summed E-state index contributed by atoms with van der Waals surface area (Å²) in [7, 11) is 0. The molecular formula is C17H17N3O5S. The molecule has 2 aromatic rings. The van der Waals surface area contributed by atoms with Crippen LogP contribution in [0.1, 0.15) is 12.7 Å². The van der Waals surface area contributed by atoms with Crippen molar-refractivity contribution < 1.29 is 23.6 Å². The van der Waals surface area contributed by atoms with Crippen LogP contribution >= 0.6 is 11.8 Å². The molecule has 1 aromatic carbocycles.